The van der Waals surface area contributed by atoms with Gasteiger partial charge in [0.25, 0.3) is 5.56 Å². The summed E-state index contributed by atoms with van der Waals surface area (Å²) in [6.07, 6.45) is 1.69. The highest BCUT2D eigenvalue weighted by Crippen LogP contribution is 2.22. The molecule has 0 radical (unpaired) electrons. The SMILES string of the molecule is CCCOC(=O)c1ccc(Cn2c(C)nc3sc(CC)cc3c2=O)cc1. The van der Waals surface area contributed by atoms with Crippen LogP contribution < -0.4 is 5.56 Å². The van der Waals surface area contributed by atoms with Crippen LogP contribution in [-0.4, -0.2) is 22.1 Å². The van der Waals surface area contributed by atoms with E-state index in [4.69, 9.17) is 4.74 Å². The van der Waals surface area contributed by atoms with E-state index in [-0.39, 0.29) is 11.5 Å². The van der Waals surface area contributed by atoms with E-state index in [2.05, 4.69) is 11.9 Å². The smallest absolute Gasteiger partial charge is 0.338 e. The average Bonchev–Trinajstić information content (AvgIpc) is 3.07. The van der Waals surface area contributed by atoms with Gasteiger partial charge in [-0.25, -0.2) is 9.78 Å². The molecule has 0 aliphatic rings. The van der Waals surface area contributed by atoms with Crippen molar-refractivity contribution in [3.8, 4) is 0 Å². The monoisotopic (exact) mass is 370 g/mol. The predicted octanol–water partition coefficient (Wildman–Crippen LogP) is 3.94. The van der Waals surface area contributed by atoms with Crippen molar-refractivity contribution in [2.45, 2.75) is 40.2 Å². The van der Waals surface area contributed by atoms with Gasteiger partial charge in [0, 0.05) is 4.88 Å². The van der Waals surface area contributed by atoms with Gasteiger partial charge in [0.15, 0.2) is 0 Å². The summed E-state index contributed by atoms with van der Waals surface area (Å²) in [5, 5.41) is 0.678. The molecule has 0 unspecified atom stereocenters. The van der Waals surface area contributed by atoms with Gasteiger partial charge in [0.2, 0.25) is 0 Å². The standard InChI is InChI=1S/C20H22N2O3S/c1-4-10-25-20(24)15-8-6-14(7-9-15)12-22-13(3)21-18-17(19(22)23)11-16(5-2)26-18/h6-9,11H,4-5,10,12H2,1-3H3. The molecule has 0 N–H and O–H groups in total. The summed E-state index contributed by atoms with van der Waals surface area (Å²) in [7, 11) is 0. The Balaban J connectivity index is 1.87. The Morgan fingerprint density at radius 1 is 1.23 bits per heavy atom. The van der Waals surface area contributed by atoms with Crippen LogP contribution in [0.15, 0.2) is 35.1 Å². The molecule has 1 aromatic carbocycles. The quantitative estimate of drug-likeness (QED) is 0.617. The molecule has 0 aliphatic carbocycles. The minimum atomic E-state index is -0.319. The Bertz CT molecular complexity index is 987. The molecule has 0 fully saturated rings. The van der Waals surface area contributed by atoms with Gasteiger partial charge >= 0.3 is 5.97 Å². The number of fused-ring (bicyclic) bond motifs is 1. The fraction of sp³-hybridized carbons (Fsp3) is 0.350. The van der Waals surface area contributed by atoms with E-state index in [0.29, 0.717) is 29.9 Å². The van der Waals surface area contributed by atoms with Crippen molar-refractivity contribution in [2.24, 2.45) is 0 Å². The van der Waals surface area contributed by atoms with Crippen molar-refractivity contribution in [3.63, 3.8) is 0 Å². The van der Waals surface area contributed by atoms with Crippen molar-refractivity contribution in [3.05, 3.63) is 62.5 Å². The predicted molar refractivity (Wildman–Crippen MR) is 104 cm³/mol. The molecule has 0 atom stereocenters. The molecule has 3 aromatic rings. The van der Waals surface area contributed by atoms with E-state index in [1.807, 2.05) is 32.0 Å². The van der Waals surface area contributed by atoms with Gasteiger partial charge in [-0.3, -0.25) is 9.36 Å². The molecule has 3 rings (SSSR count). The van der Waals surface area contributed by atoms with Crippen LogP contribution in [0.25, 0.3) is 10.2 Å². The van der Waals surface area contributed by atoms with Gasteiger partial charge in [0.05, 0.1) is 24.1 Å². The Hall–Kier alpha value is -2.47. The second-order valence-corrected chi connectivity index (χ2v) is 7.28. The molecule has 5 nitrogen and oxygen atoms in total. The van der Waals surface area contributed by atoms with Crippen LogP contribution in [0.3, 0.4) is 0 Å². The molecule has 0 amide bonds. The number of thiophene rings is 1. The molecule has 0 aliphatic heterocycles. The van der Waals surface area contributed by atoms with Gasteiger partial charge in [-0.1, -0.05) is 26.0 Å². The minimum Gasteiger partial charge on any atom is -0.462 e. The maximum absolute atomic E-state index is 12.8. The van der Waals surface area contributed by atoms with Crippen LogP contribution in [0, 0.1) is 6.92 Å². The molecule has 2 aromatic heterocycles. The average molecular weight is 370 g/mol. The first-order valence-corrected chi connectivity index (χ1v) is 9.61. The minimum absolute atomic E-state index is 0.0186. The largest absolute Gasteiger partial charge is 0.462 e. The molecule has 6 heteroatoms. The molecule has 0 saturated heterocycles. The summed E-state index contributed by atoms with van der Waals surface area (Å²) in [5.74, 6) is 0.374. The summed E-state index contributed by atoms with van der Waals surface area (Å²) >= 11 is 1.58. The molecule has 0 saturated carbocycles. The highest BCUT2D eigenvalue weighted by atomic mass is 32.1. The van der Waals surface area contributed by atoms with Crippen LogP contribution in [-0.2, 0) is 17.7 Å². The first-order valence-electron chi connectivity index (χ1n) is 8.79. The zero-order chi connectivity index (χ0) is 18.7. The maximum atomic E-state index is 12.8. The van der Waals surface area contributed by atoms with Crippen LogP contribution in [0.2, 0.25) is 0 Å². The number of carbonyl (C=O) groups is 1. The third kappa shape index (κ3) is 3.70. The Labute approximate surface area is 156 Å². The number of nitrogens with zero attached hydrogens (tertiary/aromatic N) is 2. The lowest BCUT2D eigenvalue weighted by atomic mass is 10.1. The summed E-state index contributed by atoms with van der Waals surface area (Å²) in [5.41, 5.74) is 1.44. The zero-order valence-corrected chi connectivity index (χ0v) is 16.1. The molecule has 26 heavy (non-hydrogen) atoms. The molecule has 2 heterocycles. The highest BCUT2D eigenvalue weighted by Gasteiger charge is 2.12. The molecule has 0 bridgehead atoms. The third-order valence-corrected chi connectivity index (χ3v) is 5.38. The number of esters is 1. The Kier molecular flexibility index (Phi) is 5.52. The zero-order valence-electron chi connectivity index (χ0n) is 15.2. The fourth-order valence-corrected chi connectivity index (χ4v) is 3.74. The number of aromatic nitrogens is 2. The van der Waals surface area contributed by atoms with Gasteiger partial charge in [-0.15, -0.1) is 11.3 Å². The van der Waals surface area contributed by atoms with E-state index < -0.39 is 0 Å². The van der Waals surface area contributed by atoms with E-state index in [0.717, 1.165) is 28.1 Å². The van der Waals surface area contributed by atoms with Crippen molar-refractivity contribution >= 4 is 27.5 Å². The lowest BCUT2D eigenvalue weighted by Gasteiger charge is -2.10. The third-order valence-electron chi connectivity index (χ3n) is 4.21. The Morgan fingerprint density at radius 2 is 1.96 bits per heavy atom. The van der Waals surface area contributed by atoms with Gasteiger partial charge in [-0.2, -0.15) is 0 Å². The van der Waals surface area contributed by atoms with E-state index in [9.17, 15) is 9.59 Å². The number of hydrogen-bond acceptors (Lipinski definition) is 5. The lowest BCUT2D eigenvalue weighted by Crippen LogP contribution is -2.23. The number of carbonyl (C=O) groups excluding carboxylic acids is 1. The van der Waals surface area contributed by atoms with Crippen molar-refractivity contribution < 1.29 is 9.53 Å². The molecule has 136 valence electrons. The number of benzene rings is 1. The highest BCUT2D eigenvalue weighted by molar-refractivity contribution is 7.18. The lowest BCUT2D eigenvalue weighted by molar-refractivity contribution is 0.0505. The second-order valence-electron chi connectivity index (χ2n) is 6.17. The Morgan fingerprint density at radius 3 is 2.62 bits per heavy atom. The molecular weight excluding hydrogens is 348 g/mol. The van der Waals surface area contributed by atoms with Crippen LogP contribution >= 0.6 is 11.3 Å². The second kappa shape index (κ2) is 7.83. The topological polar surface area (TPSA) is 61.2 Å². The van der Waals surface area contributed by atoms with Crippen molar-refractivity contribution in [1.29, 1.82) is 0 Å². The van der Waals surface area contributed by atoms with Crippen molar-refractivity contribution in [1.82, 2.24) is 9.55 Å². The summed E-state index contributed by atoms with van der Waals surface area (Å²) in [6.45, 7) is 6.72. The summed E-state index contributed by atoms with van der Waals surface area (Å²) in [6, 6.07) is 9.12. The van der Waals surface area contributed by atoms with Gasteiger partial charge in [0.1, 0.15) is 10.7 Å². The number of ether oxygens (including phenoxy) is 1. The first-order chi connectivity index (χ1) is 12.5. The summed E-state index contributed by atoms with van der Waals surface area (Å²) < 4.78 is 6.81. The maximum Gasteiger partial charge on any atom is 0.338 e. The van der Waals surface area contributed by atoms with Crippen LogP contribution in [0.5, 0.6) is 0 Å². The number of aryl methyl sites for hydroxylation is 2. The number of rotatable bonds is 6. The van der Waals surface area contributed by atoms with Crippen LogP contribution in [0.4, 0.5) is 0 Å². The van der Waals surface area contributed by atoms with Gasteiger partial charge < -0.3 is 4.74 Å². The van der Waals surface area contributed by atoms with Crippen molar-refractivity contribution in [2.75, 3.05) is 6.61 Å². The van der Waals surface area contributed by atoms with Gasteiger partial charge in [-0.05, 0) is 43.5 Å². The van der Waals surface area contributed by atoms with Crippen LogP contribution in [0.1, 0.15) is 46.9 Å². The normalized spacial score (nSPS) is 11.0. The summed E-state index contributed by atoms with van der Waals surface area (Å²) in [4.78, 5) is 31.3. The van der Waals surface area contributed by atoms with E-state index in [1.165, 1.54) is 0 Å². The van der Waals surface area contributed by atoms with E-state index >= 15 is 0 Å². The fourth-order valence-electron chi connectivity index (χ4n) is 2.73. The molecule has 0 spiro atoms. The van der Waals surface area contributed by atoms with E-state index in [1.54, 1.807) is 28.0 Å². The molecular formula is C20H22N2O3S. The number of hydrogen-bond donors (Lipinski definition) is 0. The first kappa shape index (κ1) is 18.3.